The normalized spacial score (nSPS) is 19.2. The number of ether oxygens (including phenoxy) is 1. The maximum atomic E-state index is 5.89. The molecule has 1 aliphatic rings. The summed E-state index contributed by atoms with van der Waals surface area (Å²) in [6, 6.07) is 4.82. The predicted molar refractivity (Wildman–Crippen MR) is 87.7 cm³/mol. The first-order valence-corrected chi connectivity index (χ1v) is 8.24. The molecule has 0 bridgehead atoms. The molecule has 0 aliphatic carbocycles. The molecule has 1 saturated heterocycles. The Hall–Kier alpha value is -1.13. The second kappa shape index (κ2) is 8.35. The van der Waals surface area contributed by atoms with Gasteiger partial charge in [-0.15, -0.1) is 0 Å². The lowest BCUT2D eigenvalue weighted by Gasteiger charge is -2.33. The van der Waals surface area contributed by atoms with E-state index in [1.54, 1.807) is 0 Å². The van der Waals surface area contributed by atoms with Crippen molar-refractivity contribution in [3.8, 4) is 0 Å². The summed E-state index contributed by atoms with van der Waals surface area (Å²) in [6.45, 7) is 10.3. The number of nitrogens with zero attached hydrogens (tertiary/aromatic N) is 2. The van der Waals surface area contributed by atoms with Crippen molar-refractivity contribution in [2.45, 2.75) is 58.7 Å². The Balaban J connectivity index is 1.88. The molecule has 0 aromatic carbocycles. The van der Waals surface area contributed by atoms with Gasteiger partial charge in [0.1, 0.15) is 5.82 Å². The van der Waals surface area contributed by atoms with Gasteiger partial charge in [-0.2, -0.15) is 0 Å². The first-order valence-electron chi connectivity index (χ1n) is 8.24. The minimum absolute atomic E-state index is 0.364. The zero-order valence-electron chi connectivity index (χ0n) is 13.6. The quantitative estimate of drug-likeness (QED) is 0.838. The Morgan fingerprint density at radius 1 is 1.43 bits per heavy atom. The Kier molecular flexibility index (Phi) is 6.46. The van der Waals surface area contributed by atoms with Crippen molar-refractivity contribution in [2.24, 2.45) is 0 Å². The van der Waals surface area contributed by atoms with Crippen LogP contribution in [0.1, 0.15) is 45.6 Å². The van der Waals surface area contributed by atoms with Gasteiger partial charge in [0.05, 0.1) is 6.10 Å². The molecule has 1 aromatic heterocycles. The third-order valence-electron chi connectivity index (χ3n) is 3.78. The SMILES string of the molecule is CCCOC1CCCN(c2ccc(CNC(C)C)cn2)C1. The van der Waals surface area contributed by atoms with E-state index in [9.17, 15) is 0 Å². The number of nitrogens with one attached hydrogen (secondary N) is 1. The maximum Gasteiger partial charge on any atom is 0.128 e. The molecule has 1 unspecified atom stereocenters. The van der Waals surface area contributed by atoms with Crippen molar-refractivity contribution in [3.63, 3.8) is 0 Å². The molecule has 1 fully saturated rings. The molecule has 1 aliphatic heterocycles. The fourth-order valence-electron chi connectivity index (χ4n) is 2.60. The molecular formula is C17H29N3O. The standard InChI is InChI=1S/C17H29N3O/c1-4-10-21-16-6-5-9-20(13-16)17-8-7-15(12-19-17)11-18-14(2)3/h7-8,12,14,16,18H,4-6,9-11,13H2,1-3H3. The average molecular weight is 291 g/mol. The molecule has 0 spiro atoms. The fraction of sp³-hybridized carbons (Fsp3) is 0.706. The lowest BCUT2D eigenvalue weighted by Crippen LogP contribution is -2.40. The monoisotopic (exact) mass is 291 g/mol. The number of hydrogen-bond donors (Lipinski definition) is 1. The molecule has 2 heterocycles. The number of rotatable bonds is 7. The van der Waals surface area contributed by atoms with Crippen LogP contribution >= 0.6 is 0 Å². The summed E-state index contributed by atoms with van der Waals surface area (Å²) in [6.07, 6.45) is 5.80. The van der Waals surface area contributed by atoms with Crippen LogP contribution in [0.2, 0.25) is 0 Å². The first kappa shape index (κ1) is 16.2. The molecule has 118 valence electrons. The third-order valence-corrected chi connectivity index (χ3v) is 3.78. The summed E-state index contributed by atoms with van der Waals surface area (Å²) in [7, 11) is 0. The van der Waals surface area contributed by atoms with E-state index >= 15 is 0 Å². The van der Waals surface area contributed by atoms with Gasteiger partial charge in [0.25, 0.3) is 0 Å². The van der Waals surface area contributed by atoms with E-state index in [1.165, 1.54) is 18.4 Å². The van der Waals surface area contributed by atoms with Gasteiger partial charge in [-0.3, -0.25) is 0 Å². The van der Waals surface area contributed by atoms with Crippen molar-refractivity contribution in [2.75, 3.05) is 24.6 Å². The van der Waals surface area contributed by atoms with E-state index in [-0.39, 0.29) is 0 Å². The zero-order valence-corrected chi connectivity index (χ0v) is 13.6. The van der Waals surface area contributed by atoms with E-state index in [0.29, 0.717) is 12.1 Å². The minimum Gasteiger partial charge on any atom is -0.376 e. The molecule has 0 amide bonds. The van der Waals surface area contributed by atoms with Gasteiger partial charge in [-0.1, -0.05) is 26.8 Å². The van der Waals surface area contributed by atoms with Crippen LogP contribution in [0, 0.1) is 0 Å². The summed E-state index contributed by atoms with van der Waals surface area (Å²) in [5, 5.41) is 3.42. The Labute approximate surface area is 128 Å². The molecule has 4 heteroatoms. The van der Waals surface area contributed by atoms with Gasteiger partial charge in [0.2, 0.25) is 0 Å². The first-order chi connectivity index (χ1) is 10.2. The number of aromatic nitrogens is 1. The molecule has 21 heavy (non-hydrogen) atoms. The van der Waals surface area contributed by atoms with Gasteiger partial charge >= 0.3 is 0 Å². The predicted octanol–water partition coefficient (Wildman–Crippen LogP) is 2.98. The van der Waals surface area contributed by atoms with E-state index in [2.05, 4.69) is 48.1 Å². The summed E-state index contributed by atoms with van der Waals surface area (Å²) in [4.78, 5) is 6.98. The third kappa shape index (κ3) is 5.29. The highest BCUT2D eigenvalue weighted by Gasteiger charge is 2.21. The molecular weight excluding hydrogens is 262 g/mol. The zero-order chi connectivity index (χ0) is 15.1. The van der Waals surface area contributed by atoms with Crippen molar-refractivity contribution in [3.05, 3.63) is 23.9 Å². The Morgan fingerprint density at radius 3 is 2.95 bits per heavy atom. The highest BCUT2D eigenvalue weighted by molar-refractivity contribution is 5.40. The molecule has 4 nitrogen and oxygen atoms in total. The summed E-state index contributed by atoms with van der Waals surface area (Å²) in [5.41, 5.74) is 1.24. The van der Waals surface area contributed by atoms with Crippen molar-refractivity contribution in [1.29, 1.82) is 0 Å². The van der Waals surface area contributed by atoms with Crippen LogP contribution in [0.25, 0.3) is 0 Å². The van der Waals surface area contributed by atoms with Crippen molar-refractivity contribution < 1.29 is 4.74 Å². The smallest absolute Gasteiger partial charge is 0.128 e. The Bertz CT molecular complexity index is 405. The number of anilines is 1. The van der Waals surface area contributed by atoms with Crippen LogP contribution in [-0.4, -0.2) is 36.8 Å². The van der Waals surface area contributed by atoms with E-state index in [0.717, 1.165) is 38.5 Å². The minimum atomic E-state index is 0.364. The maximum absolute atomic E-state index is 5.89. The lowest BCUT2D eigenvalue weighted by molar-refractivity contribution is 0.0439. The number of pyridine rings is 1. The summed E-state index contributed by atoms with van der Waals surface area (Å²) in [5.74, 6) is 1.08. The van der Waals surface area contributed by atoms with E-state index in [1.807, 2.05) is 6.20 Å². The van der Waals surface area contributed by atoms with Gasteiger partial charge in [0, 0.05) is 38.5 Å². The van der Waals surface area contributed by atoms with E-state index < -0.39 is 0 Å². The molecule has 1 atom stereocenters. The highest BCUT2D eigenvalue weighted by atomic mass is 16.5. The molecule has 1 aromatic rings. The molecule has 0 radical (unpaired) electrons. The number of piperidine rings is 1. The largest absolute Gasteiger partial charge is 0.376 e. The fourth-order valence-corrected chi connectivity index (χ4v) is 2.60. The molecule has 1 N–H and O–H groups in total. The van der Waals surface area contributed by atoms with Crippen LogP contribution in [0.3, 0.4) is 0 Å². The van der Waals surface area contributed by atoms with E-state index in [4.69, 9.17) is 4.74 Å². The van der Waals surface area contributed by atoms with Crippen molar-refractivity contribution >= 4 is 5.82 Å². The van der Waals surface area contributed by atoms with Gasteiger partial charge < -0.3 is 15.0 Å². The second-order valence-corrected chi connectivity index (χ2v) is 6.14. The van der Waals surface area contributed by atoms with Crippen LogP contribution in [0.15, 0.2) is 18.3 Å². The van der Waals surface area contributed by atoms with Crippen LogP contribution in [-0.2, 0) is 11.3 Å². The summed E-state index contributed by atoms with van der Waals surface area (Å²) >= 11 is 0. The van der Waals surface area contributed by atoms with Gasteiger partial charge in [0.15, 0.2) is 0 Å². The number of hydrogen-bond acceptors (Lipinski definition) is 4. The topological polar surface area (TPSA) is 37.4 Å². The lowest BCUT2D eigenvalue weighted by atomic mass is 10.1. The van der Waals surface area contributed by atoms with Gasteiger partial charge in [-0.25, -0.2) is 4.98 Å². The average Bonchev–Trinajstić information content (AvgIpc) is 2.51. The van der Waals surface area contributed by atoms with Crippen LogP contribution < -0.4 is 10.2 Å². The molecule has 2 rings (SSSR count). The summed E-state index contributed by atoms with van der Waals surface area (Å²) < 4.78 is 5.89. The van der Waals surface area contributed by atoms with Crippen LogP contribution in [0.4, 0.5) is 5.82 Å². The Morgan fingerprint density at radius 2 is 2.29 bits per heavy atom. The van der Waals surface area contributed by atoms with Crippen molar-refractivity contribution in [1.82, 2.24) is 10.3 Å². The highest BCUT2D eigenvalue weighted by Crippen LogP contribution is 2.19. The second-order valence-electron chi connectivity index (χ2n) is 6.14. The molecule has 0 saturated carbocycles. The van der Waals surface area contributed by atoms with Crippen LogP contribution in [0.5, 0.6) is 0 Å². The van der Waals surface area contributed by atoms with Gasteiger partial charge in [-0.05, 0) is 30.9 Å².